The third-order valence-electron chi connectivity index (χ3n) is 5.01. The second-order valence-electron chi connectivity index (χ2n) is 6.65. The Morgan fingerprint density at radius 1 is 1.11 bits per heavy atom. The van der Waals surface area contributed by atoms with Gasteiger partial charge in [-0.25, -0.2) is 0 Å². The number of nitrogens with zero attached hydrogens (tertiary/aromatic N) is 1. The normalized spacial score (nSPS) is 27.4. The van der Waals surface area contributed by atoms with Crippen molar-refractivity contribution in [1.82, 2.24) is 4.90 Å². The minimum atomic E-state index is 0.905. The van der Waals surface area contributed by atoms with Crippen molar-refractivity contribution in [2.75, 3.05) is 12.3 Å². The molecule has 19 heavy (non-hydrogen) atoms. The van der Waals surface area contributed by atoms with Crippen LogP contribution in [0.1, 0.15) is 50.2 Å². The monoisotopic (exact) mass is 258 g/mol. The Balaban J connectivity index is 1.48. The Kier molecular flexibility index (Phi) is 3.79. The highest BCUT2D eigenvalue weighted by atomic mass is 15.1. The molecule has 2 nitrogen and oxygen atoms in total. The number of rotatable bonds is 3. The molecule has 0 atom stereocenters. The number of fused-ring (bicyclic) bond motifs is 1. The molecule has 0 amide bonds. The fraction of sp³-hybridized carbons (Fsp3) is 0.647. The topological polar surface area (TPSA) is 29.3 Å². The summed E-state index contributed by atoms with van der Waals surface area (Å²) in [6, 6.07) is 6.38. The zero-order valence-electron chi connectivity index (χ0n) is 12.1. The number of hydrogen-bond acceptors (Lipinski definition) is 2. The standard InChI is InChI=1S/C17H26N2/c1-13-2-4-14(5-3-13)8-9-19-11-15-6-7-17(18)10-16(15)12-19/h6-7,10,13-14H,2-5,8-9,11-12,18H2,1H3. The Morgan fingerprint density at radius 2 is 1.84 bits per heavy atom. The summed E-state index contributed by atoms with van der Waals surface area (Å²) in [5.41, 5.74) is 9.69. The SMILES string of the molecule is CC1CCC(CCN2Cc3ccc(N)cc3C2)CC1. The number of nitrogen functional groups attached to an aromatic ring is 1. The van der Waals surface area contributed by atoms with Gasteiger partial charge in [0.25, 0.3) is 0 Å². The van der Waals surface area contributed by atoms with E-state index in [-0.39, 0.29) is 0 Å². The van der Waals surface area contributed by atoms with Gasteiger partial charge in [-0.05, 0) is 48.1 Å². The number of nitrogens with two attached hydrogens (primary N) is 1. The Labute approximate surface area is 117 Å². The second kappa shape index (κ2) is 5.54. The van der Waals surface area contributed by atoms with Crippen LogP contribution in [0.2, 0.25) is 0 Å². The van der Waals surface area contributed by atoms with E-state index in [1.807, 2.05) is 6.07 Å². The van der Waals surface area contributed by atoms with E-state index in [4.69, 9.17) is 5.73 Å². The second-order valence-corrected chi connectivity index (χ2v) is 6.65. The predicted molar refractivity (Wildman–Crippen MR) is 80.7 cm³/mol. The highest BCUT2D eigenvalue weighted by molar-refractivity contribution is 5.46. The quantitative estimate of drug-likeness (QED) is 0.836. The van der Waals surface area contributed by atoms with Gasteiger partial charge in [-0.15, -0.1) is 0 Å². The van der Waals surface area contributed by atoms with E-state index < -0.39 is 0 Å². The molecule has 0 aromatic heterocycles. The summed E-state index contributed by atoms with van der Waals surface area (Å²) < 4.78 is 0. The number of hydrogen-bond donors (Lipinski definition) is 1. The van der Waals surface area contributed by atoms with Crippen molar-refractivity contribution in [3.8, 4) is 0 Å². The minimum Gasteiger partial charge on any atom is -0.399 e. The van der Waals surface area contributed by atoms with Crippen LogP contribution < -0.4 is 5.73 Å². The third-order valence-corrected chi connectivity index (χ3v) is 5.01. The van der Waals surface area contributed by atoms with Crippen LogP contribution in [0.25, 0.3) is 0 Å². The molecule has 2 heteroatoms. The first-order valence-electron chi connectivity index (χ1n) is 7.80. The molecule has 2 N–H and O–H groups in total. The van der Waals surface area contributed by atoms with E-state index in [1.54, 1.807) is 0 Å². The molecule has 1 saturated carbocycles. The van der Waals surface area contributed by atoms with Crippen LogP contribution in [-0.4, -0.2) is 11.4 Å². The van der Waals surface area contributed by atoms with Gasteiger partial charge in [-0.1, -0.05) is 38.7 Å². The van der Waals surface area contributed by atoms with Crippen molar-refractivity contribution < 1.29 is 0 Å². The van der Waals surface area contributed by atoms with E-state index in [0.717, 1.165) is 30.6 Å². The first-order chi connectivity index (χ1) is 9.20. The fourth-order valence-corrected chi connectivity index (χ4v) is 3.63. The van der Waals surface area contributed by atoms with E-state index in [2.05, 4.69) is 24.0 Å². The molecule has 104 valence electrons. The maximum atomic E-state index is 5.86. The molecule has 2 aliphatic rings. The fourth-order valence-electron chi connectivity index (χ4n) is 3.63. The summed E-state index contributed by atoms with van der Waals surface area (Å²) in [5, 5.41) is 0. The van der Waals surface area contributed by atoms with Crippen LogP contribution in [0, 0.1) is 11.8 Å². The smallest absolute Gasteiger partial charge is 0.0317 e. The van der Waals surface area contributed by atoms with Gasteiger partial charge in [0, 0.05) is 18.8 Å². The first kappa shape index (κ1) is 13.0. The summed E-state index contributed by atoms with van der Waals surface area (Å²) in [6.45, 7) is 5.88. The lowest BCUT2D eigenvalue weighted by molar-refractivity contribution is 0.218. The molecule has 1 aliphatic heterocycles. The molecule has 1 fully saturated rings. The largest absolute Gasteiger partial charge is 0.399 e. The predicted octanol–water partition coefficient (Wildman–Crippen LogP) is 3.80. The van der Waals surface area contributed by atoms with Crippen LogP contribution in [0.3, 0.4) is 0 Å². The summed E-state index contributed by atoms with van der Waals surface area (Å²) >= 11 is 0. The molecule has 0 saturated heterocycles. The molecule has 1 heterocycles. The molecule has 0 unspecified atom stereocenters. The maximum absolute atomic E-state index is 5.86. The summed E-state index contributed by atoms with van der Waals surface area (Å²) in [6.07, 6.45) is 7.18. The van der Waals surface area contributed by atoms with Crippen molar-refractivity contribution in [3.63, 3.8) is 0 Å². The molecule has 0 bridgehead atoms. The van der Waals surface area contributed by atoms with Gasteiger partial charge in [0.05, 0.1) is 0 Å². The van der Waals surface area contributed by atoms with Crippen LogP contribution in [-0.2, 0) is 13.1 Å². The van der Waals surface area contributed by atoms with Crippen molar-refractivity contribution >= 4 is 5.69 Å². The van der Waals surface area contributed by atoms with Gasteiger partial charge in [0.2, 0.25) is 0 Å². The van der Waals surface area contributed by atoms with E-state index >= 15 is 0 Å². The van der Waals surface area contributed by atoms with Crippen LogP contribution in [0.5, 0.6) is 0 Å². The summed E-state index contributed by atoms with van der Waals surface area (Å²) in [5.74, 6) is 1.94. The average molecular weight is 258 g/mol. The molecular weight excluding hydrogens is 232 g/mol. The molecule has 0 radical (unpaired) electrons. The summed E-state index contributed by atoms with van der Waals surface area (Å²) in [4.78, 5) is 2.59. The van der Waals surface area contributed by atoms with Crippen molar-refractivity contribution in [1.29, 1.82) is 0 Å². The van der Waals surface area contributed by atoms with Crippen molar-refractivity contribution in [2.45, 2.75) is 52.1 Å². The lowest BCUT2D eigenvalue weighted by Crippen LogP contribution is -2.22. The average Bonchev–Trinajstić information content (AvgIpc) is 2.80. The number of anilines is 1. The van der Waals surface area contributed by atoms with E-state index in [1.165, 1.54) is 49.8 Å². The van der Waals surface area contributed by atoms with Crippen LogP contribution in [0.4, 0.5) is 5.69 Å². The minimum absolute atomic E-state index is 0.905. The Bertz CT molecular complexity index is 433. The lowest BCUT2D eigenvalue weighted by atomic mass is 9.81. The lowest BCUT2D eigenvalue weighted by Gasteiger charge is -2.27. The Hall–Kier alpha value is -1.02. The molecule has 1 aliphatic carbocycles. The molecule has 1 aromatic rings. The van der Waals surface area contributed by atoms with Crippen LogP contribution >= 0.6 is 0 Å². The van der Waals surface area contributed by atoms with Gasteiger partial charge in [0.1, 0.15) is 0 Å². The van der Waals surface area contributed by atoms with Gasteiger partial charge < -0.3 is 5.73 Å². The van der Waals surface area contributed by atoms with Crippen molar-refractivity contribution in [3.05, 3.63) is 29.3 Å². The zero-order valence-corrected chi connectivity index (χ0v) is 12.1. The highest BCUT2D eigenvalue weighted by Gasteiger charge is 2.22. The summed E-state index contributed by atoms with van der Waals surface area (Å²) in [7, 11) is 0. The van der Waals surface area contributed by atoms with E-state index in [9.17, 15) is 0 Å². The van der Waals surface area contributed by atoms with Gasteiger partial charge in [-0.2, -0.15) is 0 Å². The molecule has 0 spiro atoms. The van der Waals surface area contributed by atoms with E-state index in [0.29, 0.717) is 0 Å². The number of benzene rings is 1. The molecule has 1 aromatic carbocycles. The Morgan fingerprint density at radius 3 is 2.63 bits per heavy atom. The molecule has 3 rings (SSSR count). The zero-order chi connectivity index (χ0) is 13.2. The van der Waals surface area contributed by atoms with Crippen molar-refractivity contribution in [2.24, 2.45) is 11.8 Å². The third kappa shape index (κ3) is 3.11. The van der Waals surface area contributed by atoms with Gasteiger partial charge >= 0.3 is 0 Å². The maximum Gasteiger partial charge on any atom is 0.0317 e. The first-order valence-corrected chi connectivity index (χ1v) is 7.80. The van der Waals surface area contributed by atoms with Gasteiger partial charge in [0.15, 0.2) is 0 Å². The van der Waals surface area contributed by atoms with Gasteiger partial charge in [-0.3, -0.25) is 4.90 Å². The molecular formula is C17H26N2. The van der Waals surface area contributed by atoms with Crippen LogP contribution in [0.15, 0.2) is 18.2 Å². The highest BCUT2D eigenvalue weighted by Crippen LogP contribution is 2.31.